The first-order valence-corrected chi connectivity index (χ1v) is 2.79. The molecule has 0 aromatic heterocycles. The molecule has 0 aliphatic carbocycles. The Bertz CT molecular complexity index is 64.3. The summed E-state index contributed by atoms with van der Waals surface area (Å²) in [5.41, 5.74) is 0. The van der Waals surface area contributed by atoms with Crippen molar-refractivity contribution < 1.29 is 0 Å². The van der Waals surface area contributed by atoms with E-state index in [9.17, 15) is 0 Å². The van der Waals surface area contributed by atoms with E-state index < -0.39 is 0 Å². The molecule has 0 aromatic carbocycles. The van der Waals surface area contributed by atoms with Gasteiger partial charge in [0.15, 0.2) is 0 Å². The monoisotopic (exact) mass is 194 g/mol. The van der Waals surface area contributed by atoms with Gasteiger partial charge in [-0.3, -0.25) is 0 Å². The number of hydrogen-bond donors (Lipinski definition) is 0. The molecule has 6 heavy (non-hydrogen) atoms. The predicted molar refractivity (Wildman–Crippen MR) is 38.0 cm³/mol. The molecule has 0 saturated heterocycles. The lowest BCUT2D eigenvalue weighted by Gasteiger charge is -1.80. The molecule has 0 nitrogen and oxygen atoms in total. The second kappa shape index (κ2) is 3.40. The third kappa shape index (κ3) is 4.21. The molecule has 0 N–H and O–H groups in total. The van der Waals surface area contributed by atoms with Crippen molar-refractivity contribution >= 4 is 22.6 Å². The minimum atomic E-state index is 0.931. The zero-order valence-electron chi connectivity index (χ0n) is 3.58. The molecule has 0 heterocycles. The van der Waals surface area contributed by atoms with Gasteiger partial charge in [-0.05, 0) is 32.6 Å². The summed E-state index contributed by atoms with van der Waals surface area (Å²) in [6.45, 7) is 7.20. The average molecular weight is 194 g/mol. The van der Waals surface area contributed by atoms with Crippen LogP contribution in [0, 0.1) is 0 Å². The van der Waals surface area contributed by atoms with Gasteiger partial charge in [0.25, 0.3) is 0 Å². The SMILES string of the molecule is C=CCC(=C)I. The number of hydrogen-bond acceptors (Lipinski definition) is 0. The quantitative estimate of drug-likeness (QED) is 0.468. The normalized spacial score (nSPS) is 7.50. The molecule has 0 atom stereocenters. The highest BCUT2D eigenvalue weighted by Crippen LogP contribution is 2.05. The maximum absolute atomic E-state index is 3.66. The molecular formula is C5H7I. The fourth-order valence-corrected chi connectivity index (χ4v) is 0.468. The molecule has 0 aliphatic rings. The van der Waals surface area contributed by atoms with Crippen molar-refractivity contribution in [3.63, 3.8) is 0 Å². The second-order valence-corrected chi connectivity index (χ2v) is 2.54. The Morgan fingerprint density at radius 1 is 1.83 bits per heavy atom. The summed E-state index contributed by atoms with van der Waals surface area (Å²) >= 11 is 2.18. The number of halogens is 1. The van der Waals surface area contributed by atoms with Crippen LogP contribution in [0.2, 0.25) is 0 Å². The molecule has 0 aliphatic heterocycles. The van der Waals surface area contributed by atoms with Crippen LogP contribution in [0.1, 0.15) is 6.42 Å². The van der Waals surface area contributed by atoms with Crippen molar-refractivity contribution in [3.05, 3.63) is 22.8 Å². The van der Waals surface area contributed by atoms with E-state index in [-0.39, 0.29) is 0 Å². The van der Waals surface area contributed by atoms with Crippen LogP contribution in [0.4, 0.5) is 0 Å². The van der Waals surface area contributed by atoms with Crippen molar-refractivity contribution in [1.29, 1.82) is 0 Å². The Morgan fingerprint density at radius 2 is 2.33 bits per heavy atom. The van der Waals surface area contributed by atoms with Crippen LogP contribution in [0.3, 0.4) is 0 Å². The Kier molecular flexibility index (Phi) is 3.52. The lowest BCUT2D eigenvalue weighted by atomic mass is 10.4. The predicted octanol–water partition coefficient (Wildman–Crippen LogP) is 2.51. The van der Waals surface area contributed by atoms with Crippen LogP contribution >= 0.6 is 22.6 Å². The van der Waals surface area contributed by atoms with Gasteiger partial charge in [0, 0.05) is 0 Å². The van der Waals surface area contributed by atoms with Crippen LogP contribution < -0.4 is 0 Å². The Hall–Kier alpha value is 0.210. The summed E-state index contributed by atoms with van der Waals surface area (Å²) in [7, 11) is 0. The van der Waals surface area contributed by atoms with Crippen LogP contribution in [0.5, 0.6) is 0 Å². The molecule has 1 heteroatoms. The smallest absolute Gasteiger partial charge is 0.00478 e. The van der Waals surface area contributed by atoms with Crippen molar-refractivity contribution in [2.75, 3.05) is 0 Å². The summed E-state index contributed by atoms with van der Waals surface area (Å²) in [5, 5.41) is 0. The standard InChI is InChI=1S/C5H7I/c1-3-4-5(2)6/h3H,1-2,4H2. The average Bonchev–Trinajstić information content (AvgIpc) is 1.35. The lowest BCUT2D eigenvalue weighted by Crippen LogP contribution is -1.55. The summed E-state index contributed by atoms with van der Waals surface area (Å²) in [5.74, 6) is 0. The maximum Gasteiger partial charge on any atom is -0.00478 e. The molecule has 0 saturated carbocycles. The van der Waals surface area contributed by atoms with Gasteiger partial charge in [0.2, 0.25) is 0 Å². The molecule has 0 amide bonds. The molecule has 0 bridgehead atoms. The Morgan fingerprint density at radius 3 is 2.33 bits per heavy atom. The lowest BCUT2D eigenvalue weighted by molar-refractivity contribution is 1.41. The highest BCUT2D eigenvalue weighted by molar-refractivity contribution is 14.1. The zero-order chi connectivity index (χ0) is 4.99. The van der Waals surface area contributed by atoms with Crippen molar-refractivity contribution in [2.24, 2.45) is 0 Å². The van der Waals surface area contributed by atoms with Gasteiger partial charge in [-0.2, -0.15) is 0 Å². The topological polar surface area (TPSA) is 0 Å². The van der Waals surface area contributed by atoms with Gasteiger partial charge in [-0.15, -0.1) is 6.58 Å². The van der Waals surface area contributed by atoms with Gasteiger partial charge in [0.05, 0.1) is 0 Å². The Balaban J connectivity index is 3.05. The summed E-state index contributed by atoms with van der Waals surface area (Å²) in [6, 6.07) is 0. The van der Waals surface area contributed by atoms with Crippen molar-refractivity contribution in [1.82, 2.24) is 0 Å². The van der Waals surface area contributed by atoms with Crippen LogP contribution in [-0.2, 0) is 0 Å². The molecule has 0 aromatic rings. The summed E-state index contributed by atoms with van der Waals surface area (Å²) in [6.07, 6.45) is 2.77. The molecule has 0 fully saturated rings. The van der Waals surface area contributed by atoms with E-state index in [1.165, 1.54) is 0 Å². The molecular weight excluding hydrogens is 187 g/mol. The third-order valence-electron chi connectivity index (χ3n) is 0.366. The first-order valence-electron chi connectivity index (χ1n) is 1.71. The van der Waals surface area contributed by atoms with Gasteiger partial charge < -0.3 is 0 Å². The highest BCUT2D eigenvalue weighted by atomic mass is 127. The van der Waals surface area contributed by atoms with E-state index in [1.807, 2.05) is 6.08 Å². The van der Waals surface area contributed by atoms with Crippen LogP contribution in [0.15, 0.2) is 22.8 Å². The summed E-state index contributed by atoms with van der Waals surface area (Å²) in [4.78, 5) is 0. The van der Waals surface area contributed by atoms with Crippen LogP contribution in [0.25, 0.3) is 0 Å². The second-order valence-electron chi connectivity index (χ2n) is 1.01. The first-order chi connectivity index (χ1) is 2.77. The molecule has 0 spiro atoms. The minimum Gasteiger partial charge on any atom is -0.103 e. The van der Waals surface area contributed by atoms with Gasteiger partial charge >= 0.3 is 0 Å². The van der Waals surface area contributed by atoms with Crippen molar-refractivity contribution in [2.45, 2.75) is 6.42 Å². The fourth-order valence-electron chi connectivity index (χ4n) is 0.157. The largest absolute Gasteiger partial charge is 0.103 e. The van der Waals surface area contributed by atoms with E-state index in [2.05, 4.69) is 35.7 Å². The zero-order valence-corrected chi connectivity index (χ0v) is 5.73. The highest BCUT2D eigenvalue weighted by Gasteiger charge is 1.74. The van der Waals surface area contributed by atoms with E-state index in [4.69, 9.17) is 0 Å². The molecule has 0 unspecified atom stereocenters. The van der Waals surface area contributed by atoms with Gasteiger partial charge in [0.1, 0.15) is 0 Å². The van der Waals surface area contributed by atoms with Gasteiger partial charge in [-0.1, -0.05) is 12.7 Å². The fraction of sp³-hybridized carbons (Fsp3) is 0.200. The maximum atomic E-state index is 3.66. The number of allylic oxidation sites excluding steroid dienone is 2. The number of rotatable bonds is 2. The van der Waals surface area contributed by atoms with E-state index in [0.717, 1.165) is 10.0 Å². The van der Waals surface area contributed by atoms with Gasteiger partial charge in [-0.25, -0.2) is 0 Å². The van der Waals surface area contributed by atoms with Crippen LogP contribution in [-0.4, -0.2) is 0 Å². The minimum absolute atomic E-state index is 0.931. The van der Waals surface area contributed by atoms with Crippen molar-refractivity contribution in [3.8, 4) is 0 Å². The van der Waals surface area contributed by atoms with E-state index in [0.29, 0.717) is 0 Å². The van der Waals surface area contributed by atoms with E-state index >= 15 is 0 Å². The third-order valence-corrected chi connectivity index (χ3v) is 0.806. The molecule has 0 rings (SSSR count). The summed E-state index contributed by atoms with van der Waals surface area (Å²) < 4.78 is 1.14. The first kappa shape index (κ1) is 6.21. The molecule has 0 radical (unpaired) electrons. The van der Waals surface area contributed by atoms with E-state index in [1.54, 1.807) is 0 Å². The molecule has 34 valence electrons. The Labute approximate surface area is 52.1 Å².